The maximum Gasteiger partial charge on any atom is 0.243 e. The Kier molecular flexibility index (Phi) is 6.66. The number of halogens is 1. The number of ketones is 1. The monoisotopic (exact) mass is 421 g/mol. The van der Waals surface area contributed by atoms with E-state index in [9.17, 15) is 17.6 Å². The molecule has 0 saturated carbocycles. The van der Waals surface area contributed by atoms with Crippen LogP contribution in [0, 0.1) is 5.82 Å². The van der Waals surface area contributed by atoms with Crippen molar-refractivity contribution in [3.8, 4) is 5.75 Å². The molecule has 0 aliphatic carbocycles. The van der Waals surface area contributed by atoms with Crippen LogP contribution in [0.15, 0.2) is 47.4 Å². The molecular formula is C21H26FN2O4S+. The number of rotatable bonds is 7. The zero-order valence-corrected chi connectivity index (χ0v) is 17.5. The second-order valence-electron chi connectivity index (χ2n) is 7.10. The molecule has 3 rings (SSSR count). The summed E-state index contributed by atoms with van der Waals surface area (Å²) in [6.45, 7) is 6.66. The highest BCUT2D eigenvalue weighted by atomic mass is 32.2. The van der Waals surface area contributed by atoms with Crippen molar-refractivity contribution in [3.63, 3.8) is 0 Å². The highest BCUT2D eigenvalue weighted by Gasteiger charge is 2.30. The van der Waals surface area contributed by atoms with Gasteiger partial charge in [0.05, 0.1) is 37.7 Å². The number of ether oxygens (including phenoxy) is 1. The van der Waals surface area contributed by atoms with Gasteiger partial charge in [-0.3, -0.25) is 4.79 Å². The molecule has 0 radical (unpaired) electrons. The fourth-order valence-electron chi connectivity index (χ4n) is 3.48. The molecule has 1 saturated heterocycles. The smallest absolute Gasteiger partial charge is 0.243 e. The van der Waals surface area contributed by atoms with E-state index < -0.39 is 15.8 Å². The number of sulfonamides is 1. The number of hydrogen-bond donors (Lipinski definition) is 1. The standard InChI is InChI=1S/C21H25FN2O4S/c1-3-28-21-9-4-17(16(2)25)14-18(21)15-23-10-12-24(13-11-23)29(26,27)20-7-5-19(22)6-8-20/h4-9,14H,3,10-13,15H2,1-2H3/p+1. The Morgan fingerprint density at radius 1 is 1.14 bits per heavy atom. The second kappa shape index (κ2) is 9.02. The molecule has 1 aliphatic rings. The van der Waals surface area contributed by atoms with Gasteiger partial charge in [0.25, 0.3) is 0 Å². The van der Waals surface area contributed by atoms with Crippen LogP contribution in [0.4, 0.5) is 4.39 Å². The molecule has 8 heteroatoms. The number of nitrogens with one attached hydrogen (secondary N) is 1. The summed E-state index contributed by atoms with van der Waals surface area (Å²) in [6, 6.07) is 10.4. The van der Waals surface area contributed by atoms with E-state index in [2.05, 4.69) is 0 Å². The fraction of sp³-hybridized carbons (Fsp3) is 0.381. The average molecular weight is 422 g/mol. The largest absolute Gasteiger partial charge is 0.493 e. The summed E-state index contributed by atoms with van der Waals surface area (Å²) in [5.41, 5.74) is 1.59. The summed E-state index contributed by atoms with van der Waals surface area (Å²) in [5, 5.41) is 0. The molecule has 6 nitrogen and oxygen atoms in total. The number of benzene rings is 2. The number of carbonyl (C=O) groups is 1. The van der Waals surface area contributed by atoms with Gasteiger partial charge in [0.15, 0.2) is 5.78 Å². The maximum absolute atomic E-state index is 13.1. The Hall–Kier alpha value is -2.29. The van der Waals surface area contributed by atoms with Crippen LogP contribution in [-0.4, -0.2) is 51.3 Å². The van der Waals surface area contributed by atoms with Crippen LogP contribution in [0.25, 0.3) is 0 Å². The first-order valence-corrected chi connectivity index (χ1v) is 11.1. The molecule has 1 N–H and O–H groups in total. The number of quaternary nitrogens is 1. The van der Waals surface area contributed by atoms with Gasteiger partial charge in [0, 0.05) is 11.1 Å². The molecule has 2 aromatic carbocycles. The van der Waals surface area contributed by atoms with Crippen molar-refractivity contribution in [2.24, 2.45) is 0 Å². The second-order valence-corrected chi connectivity index (χ2v) is 9.03. The van der Waals surface area contributed by atoms with Gasteiger partial charge in [-0.15, -0.1) is 0 Å². The van der Waals surface area contributed by atoms with Gasteiger partial charge in [0.2, 0.25) is 10.0 Å². The molecule has 156 valence electrons. The minimum atomic E-state index is -3.63. The first kappa shape index (κ1) is 21.4. The van der Waals surface area contributed by atoms with Crippen molar-refractivity contribution < 1.29 is 27.2 Å². The number of piperazine rings is 1. The number of carbonyl (C=O) groups excluding carboxylic acids is 1. The lowest BCUT2D eigenvalue weighted by Crippen LogP contribution is -3.13. The Labute approximate surface area is 170 Å². The van der Waals surface area contributed by atoms with Crippen molar-refractivity contribution in [3.05, 3.63) is 59.4 Å². The van der Waals surface area contributed by atoms with E-state index in [-0.39, 0.29) is 10.7 Å². The van der Waals surface area contributed by atoms with Gasteiger partial charge in [-0.25, -0.2) is 12.8 Å². The molecular weight excluding hydrogens is 395 g/mol. The average Bonchev–Trinajstić information content (AvgIpc) is 2.70. The number of hydrogen-bond acceptors (Lipinski definition) is 4. The Bertz CT molecular complexity index is 969. The van der Waals surface area contributed by atoms with Crippen LogP contribution in [0.5, 0.6) is 5.75 Å². The van der Waals surface area contributed by atoms with Gasteiger partial charge in [-0.2, -0.15) is 4.31 Å². The molecule has 0 unspecified atom stereocenters. The van der Waals surface area contributed by atoms with Crippen molar-refractivity contribution in [1.82, 2.24) is 4.31 Å². The van der Waals surface area contributed by atoms with Crippen LogP contribution in [0.2, 0.25) is 0 Å². The van der Waals surface area contributed by atoms with Gasteiger partial charge >= 0.3 is 0 Å². The van der Waals surface area contributed by atoms with Crippen molar-refractivity contribution >= 4 is 15.8 Å². The summed E-state index contributed by atoms with van der Waals surface area (Å²) in [4.78, 5) is 13.0. The minimum Gasteiger partial charge on any atom is -0.493 e. The van der Waals surface area contributed by atoms with Gasteiger partial charge in [0.1, 0.15) is 18.1 Å². The molecule has 0 spiro atoms. The summed E-state index contributed by atoms with van der Waals surface area (Å²) in [5.74, 6) is 0.293. The molecule has 1 fully saturated rings. The van der Waals surface area contributed by atoms with E-state index >= 15 is 0 Å². The van der Waals surface area contributed by atoms with Gasteiger partial charge in [-0.05, 0) is 56.3 Å². The first-order chi connectivity index (χ1) is 13.8. The van der Waals surface area contributed by atoms with Gasteiger partial charge < -0.3 is 9.64 Å². The zero-order valence-electron chi connectivity index (χ0n) is 16.7. The van der Waals surface area contributed by atoms with Crippen LogP contribution >= 0.6 is 0 Å². The normalized spacial score (nSPS) is 16.0. The van der Waals surface area contributed by atoms with E-state index in [1.54, 1.807) is 6.07 Å². The molecule has 0 bridgehead atoms. The molecule has 2 aromatic rings. The van der Waals surface area contributed by atoms with Crippen LogP contribution in [-0.2, 0) is 16.6 Å². The topological polar surface area (TPSA) is 68.1 Å². The molecule has 0 atom stereocenters. The summed E-state index contributed by atoms with van der Waals surface area (Å²) < 4.78 is 45.8. The SMILES string of the molecule is CCOc1ccc(C(C)=O)cc1C[NH+]1CCN(S(=O)(=O)c2ccc(F)cc2)CC1. The minimum absolute atomic E-state index is 0.000455. The van der Waals surface area contributed by atoms with Crippen molar-refractivity contribution in [2.75, 3.05) is 32.8 Å². The van der Waals surface area contributed by atoms with Crippen LogP contribution in [0.3, 0.4) is 0 Å². The highest BCUT2D eigenvalue weighted by molar-refractivity contribution is 7.89. The molecule has 29 heavy (non-hydrogen) atoms. The van der Waals surface area contributed by atoms with E-state index in [0.717, 1.165) is 23.4 Å². The third kappa shape index (κ3) is 5.01. The Balaban J connectivity index is 1.69. The fourth-order valence-corrected chi connectivity index (χ4v) is 4.92. The van der Waals surface area contributed by atoms with E-state index in [4.69, 9.17) is 4.74 Å². The Morgan fingerprint density at radius 2 is 1.79 bits per heavy atom. The Morgan fingerprint density at radius 3 is 2.38 bits per heavy atom. The van der Waals surface area contributed by atoms with Crippen LogP contribution in [0.1, 0.15) is 29.8 Å². The van der Waals surface area contributed by atoms with E-state index in [1.807, 2.05) is 19.1 Å². The summed E-state index contributed by atoms with van der Waals surface area (Å²) in [7, 11) is -3.63. The first-order valence-electron chi connectivity index (χ1n) is 9.67. The lowest BCUT2D eigenvalue weighted by Gasteiger charge is -2.31. The van der Waals surface area contributed by atoms with Crippen molar-refractivity contribution in [2.45, 2.75) is 25.3 Å². The van der Waals surface area contributed by atoms with E-state index in [0.29, 0.717) is 44.9 Å². The highest BCUT2D eigenvalue weighted by Crippen LogP contribution is 2.21. The summed E-state index contributed by atoms with van der Waals surface area (Å²) in [6.07, 6.45) is 0. The molecule has 1 aliphatic heterocycles. The lowest BCUT2D eigenvalue weighted by molar-refractivity contribution is -0.917. The van der Waals surface area contributed by atoms with Crippen LogP contribution < -0.4 is 9.64 Å². The predicted molar refractivity (Wildman–Crippen MR) is 107 cm³/mol. The predicted octanol–water partition coefficient (Wildman–Crippen LogP) is 1.52. The molecule has 0 aromatic heterocycles. The quantitative estimate of drug-likeness (QED) is 0.689. The zero-order chi connectivity index (χ0) is 21.0. The lowest BCUT2D eigenvalue weighted by atomic mass is 10.1. The third-order valence-electron chi connectivity index (χ3n) is 5.09. The molecule has 1 heterocycles. The van der Waals surface area contributed by atoms with Gasteiger partial charge in [-0.1, -0.05) is 0 Å². The summed E-state index contributed by atoms with van der Waals surface area (Å²) >= 11 is 0. The number of Topliss-reactive ketones (excluding diaryl/α,β-unsaturated/α-hetero) is 1. The van der Waals surface area contributed by atoms with Crippen molar-refractivity contribution in [1.29, 1.82) is 0 Å². The third-order valence-corrected chi connectivity index (χ3v) is 7.00. The number of nitrogens with zero attached hydrogens (tertiary/aromatic N) is 1. The molecule has 0 amide bonds. The van der Waals surface area contributed by atoms with E-state index in [1.165, 1.54) is 28.3 Å². The maximum atomic E-state index is 13.1.